The molecule has 0 aliphatic rings. The largest absolute Gasteiger partial charge is 0.508 e. The first-order chi connectivity index (χ1) is 7.18. The van der Waals surface area contributed by atoms with Gasteiger partial charge in [-0.1, -0.05) is 15.9 Å². The van der Waals surface area contributed by atoms with E-state index in [2.05, 4.69) is 20.9 Å². The molecule has 2 aromatic rings. The molecule has 1 heterocycles. The lowest BCUT2D eigenvalue weighted by atomic mass is 10.1. The van der Waals surface area contributed by atoms with E-state index < -0.39 is 6.10 Å². The summed E-state index contributed by atoms with van der Waals surface area (Å²) in [6.07, 6.45) is 0.751. The van der Waals surface area contributed by atoms with Gasteiger partial charge in [0.05, 0.1) is 0 Å². The van der Waals surface area contributed by atoms with Crippen molar-refractivity contribution in [1.29, 1.82) is 0 Å². The summed E-state index contributed by atoms with van der Waals surface area (Å²) >= 11 is 4.64. The van der Waals surface area contributed by atoms with Crippen LogP contribution in [0, 0.1) is 0 Å². The second-order valence-electron chi connectivity index (χ2n) is 2.98. The minimum absolute atomic E-state index is 0.0703. The molecule has 2 N–H and O–H groups in total. The fourth-order valence-electron chi connectivity index (χ4n) is 1.25. The van der Waals surface area contributed by atoms with Gasteiger partial charge in [-0.05, 0) is 18.2 Å². The van der Waals surface area contributed by atoms with Gasteiger partial charge in [0.25, 0.3) is 0 Å². The molecule has 2 rings (SSSR count). The highest BCUT2D eigenvalue weighted by Gasteiger charge is 2.16. The third-order valence-electron chi connectivity index (χ3n) is 1.97. The van der Waals surface area contributed by atoms with Gasteiger partial charge in [-0.15, -0.1) is 11.3 Å². The predicted octanol–water partition coefficient (Wildman–Crippen LogP) is 2.69. The van der Waals surface area contributed by atoms with Gasteiger partial charge in [0, 0.05) is 21.6 Å². The van der Waals surface area contributed by atoms with Gasteiger partial charge in [0.15, 0.2) is 0 Å². The third kappa shape index (κ3) is 2.19. The minimum atomic E-state index is -0.873. The summed E-state index contributed by atoms with van der Waals surface area (Å²) in [5.74, 6) is 0.0703. The number of hydrogen-bond acceptors (Lipinski definition) is 4. The van der Waals surface area contributed by atoms with Crippen molar-refractivity contribution >= 4 is 27.3 Å². The summed E-state index contributed by atoms with van der Waals surface area (Å²) in [7, 11) is 0. The molecule has 0 saturated heterocycles. The molecule has 5 heteroatoms. The van der Waals surface area contributed by atoms with Crippen molar-refractivity contribution in [1.82, 2.24) is 4.98 Å². The molecule has 0 saturated carbocycles. The number of aromatic hydroxyl groups is 1. The van der Waals surface area contributed by atoms with Crippen LogP contribution in [0.5, 0.6) is 5.75 Å². The number of thiazole rings is 1. The zero-order valence-corrected chi connectivity index (χ0v) is 9.99. The van der Waals surface area contributed by atoms with Crippen LogP contribution in [0.25, 0.3) is 0 Å². The molecule has 0 aliphatic carbocycles. The van der Waals surface area contributed by atoms with E-state index in [0.717, 1.165) is 4.47 Å². The Labute approximate surface area is 99.2 Å². The fraction of sp³-hybridized carbons (Fsp3) is 0.100. The first-order valence-corrected chi connectivity index (χ1v) is 5.91. The fourth-order valence-corrected chi connectivity index (χ4v) is 2.26. The standard InChI is InChI=1S/C10H8BrNO2S/c11-6-1-2-8(13)7(5-6)9(14)10-12-3-4-15-10/h1-5,9,13-14H. The van der Waals surface area contributed by atoms with Crippen molar-refractivity contribution in [2.75, 3.05) is 0 Å². The first kappa shape index (κ1) is 10.6. The van der Waals surface area contributed by atoms with Crippen molar-refractivity contribution < 1.29 is 10.2 Å². The van der Waals surface area contributed by atoms with E-state index in [1.165, 1.54) is 17.4 Å². The molecular formula is C10H8BrNO2S. The van der Waals surface area contributed by atoms with E-state index in [4.69, 9.17) is 0 Å². The van der Waals surface area contributed by atoms with Crippen LogP contribution in [0.4, 0.5) is 0 Å². The molecular weight excluding hydrogens is 278 g/mol. The van der Waals surface area contributed by atoms with E-state index in [1.54, 1.807) is 23.7 Å². The quantitative estimate of drug-likeness (QED) is 0.892. The minimum Gasteiger partial charge on any atom is -0.508 e. The SMILES string of the molecule is Oc1ccc(Br)cc1C(O)c1nccs1. The lowest BCUT2D eigenvalue weighted by Gasteiger charge is -2.10. The molecule has 0 radical (unpaired) electrons. The van der Waals surface area contributed by atoms with Crippen molar-refractivity contribution in [3.8, 4) is 5.75 Å². The number of halogens is 1. The molecule has 15 heavy (non-hydrogen) atoms. The highest BCUT2D eigenvalue weighted by atomic mass is 79.9. The number of phenols is 1. The molecule has 1 atom stereocenters. The van der Waals surface area contributed by atoms with E-state index in [1.807, 2.05) is 0 Å². The molecule has 1 aromatic heterocycles. The molecule has 0 amide bonds. The number of nitrogens with zero attached hydrogens (tertiary/aromatic N) is 1. The van der Waals surface area contributed by atoms with Crippen LogP contribution in [0.2, 0.25) is 0 Å². The molecule has 78 valence electrons. The van der Waals surface area contributed by atoms with Crippen LogP contribution in [0.15, 0.2) is 34.2 Å². The van der Waals surface area contributed by atoms with Crippen molar-refractivity contribution in [2.24, 2.45) is 0 Å². The summed E-state index contributed by atoms with van der Waals surface area (Å²) in [5.41, 5.74) is 0.458. The summed E-state index contributed by atoms with van der Waals surface area (Å²) < 4.78 is 0.811. The van der Waals surface area contributed by atoms with Gasteiger partial charge in [0.2, 0.25) is 0 Å². The molecule has 1 aromatic carbocycles. The van der Waals surface area contributed by atoms with Crippen LogP contribution in [0.3, 0.4) is 0 Å². The number of hydrogen-bond donors (Lipinski definition) is 2. The Bertz CT molecular complexity index is 458. The Hall–Kier alpha value is -0.910. The summed E-state index contributed by atoms with van der Waals surface area (Å²) in [6, 6.07) is 4.94. The van der Waals surface area contributed by atoms with Crippen LogP contribution >= 0.6 is 27.3 Å². The van der Waals surface area contributed by atoms with Crippen LogP contribution < -0.4 is 0 Å². The van der Waals surface area contributed by atoms with E-state index in [-0.39, 0.29) is 5.75 Å². The molecule has 0 fully saturated rings. The van der Waals surface area contributed by atoms with Crippen molar-refractivity contribution in [2.45, 2.75) is 6.10 Å². The second kappa shape index (κ2) is 4.30. The number of rotatable bonds is 2. The van der Waals surface area contributed by atoms with Crippen LogP contribution in [-0.4, -0.2) is 15.2 Å². The average molecular weight is 286 g/mol. The maximum atomic E-state index is 9.95. The average Bonchev–Trinajstić information content (AvgIpc) is 2.74. The second-order valence-corrected chi connectivity index (χ2v) is 4.82. The Morgan fingerprint density at radius 1 is 1.40 bits per heavy atom. The Kier molecular flexibility index (Phi) is 3.04. The molecule has 0 aliphatic heterocycles. The number of phenolic OH excluding ortho intramolecular Hbond substituents is 1. The number of benzene rings is 1. The zero-order valence-electron chi connectivity index (χ0n) is 7.59. The first-order valence-electron chi connectivity index (χ1n) is 4.24. The summed E-state index contributed by atoms with van der Waals surface area (Å²) in [4.78, 5) is 4.01. The van der Waals surface area contributed by atoms with Gasteiger partial charge < -0.3 is 10.2 Å². The Morgan fingerprint density at radius 3 is 2.87 bits per heavy atom. The van der Waals surface area contributed by atoms with Gasteiger partial charge >= 0.3 is 0 Å². The number of aromatic nitrogens is 1. The predicted molar refractivity (Wildman–Crippen MR) is 62.0 cm³/mol. The van der Waals surface area contributed by atoms with Gasteiger partial charge in [-0.25, -0.2) is 4.98 Å². The van der Waals surface area contributed by atoms with Crippen LogP contribution in [0.1, 0.15) is 16.7 Å². The van der Waals surface area contributed by atoms with Crippen LogP contribution in [-0.2, 0) is 0 Å². The number of aliphatic hydroxyl groups excluding tert-OH is 1. The van der Waals surface area contributed by atoms with Gasteiger partial charge in [-0.3, -0.25) is 0 Å². The summed E-state index contributed by atoms with van der Waals surface area (Å²) in [5, 5.41) is 21.9. The molecule has 0 spiro atoms. The maximum absolute atomic E-state index is 9.95. The Morgan fingerprint density at radius 2 is 2.20 bits per heavy atom. The highest BCUT2D eigenvalue weighted by molar-refractivity contribution is 9.10. The Balaban J connectivity index is 2.41. The lowest BCUT2D eigenvalue weighted by Crippen LogP contribution is -1.99. The normalized spacial score (nSPS) is 12.7. The maximum Gasteiger partial charge on any atom is 0.134 e. The summed E-state index contributed by atoms with van der Waals surface area (Å²) in [6.45, 7) is 0. The van der Waals surface area contributed by atoms with Crippen molar-refractivity contribution in [3.63, 3.8) is 0 Å². The van der Waals surface area contributed by atoms with E-state index >= 15 is 0 Å². The third-order valence-corrected chi connectivity index (χ3v) is 3.29. The highest BCUT2D eigenvalue weighted by Crippen LogP contribution is 2.32. The molecule has 3 nitrogen and oxygen atoms in total. The lowest BCUT2D eigenvalue weighted by molar-refractivity contribution is 0.215. The topological polar surface area (TPSA) is 53.4 Å². The van der Waals surface area contributed by atoms with E-state index in [9.17, 15) is 10.2 Å². The smallest absolute Gasteiger partial charge is 0.134 e. The number of aliphatic hydroxyl groups is 1. The monoisotopic (exact) mass is 285 g/mol. The van der Waals surface area contributed by atoms with Gasteiger partial charge in [-0.2, -0.15) is 0 Å². The van der Waals surface area contributed by atoms with E-state index in [0.29, 0.717) is 10.6 Å². The molecule has 0 bridgehead atoms. The zero-order chi connectivity index (χ0) is 10.8. The van der Waals surface area contributed by atoms with Crippen molar-refractivity contribution in [3.05, 3.63) is 44.8 Å². The van der Waals surface area contributed by atoms with Gasteiger partial charge in [0.1, 0.15) is 16.9 Å². The molecule has 1 unspecified atom stereocenters.